The third-order valence-electron chi connectivity index (χ3n) is 3.24. The van der Waals surface area contributed by atoms with Gasteiger partial charge in [-0.25, -0.2) is 0 Å². The lowest BCUT2D eigenvalue weighted by atomic mass is 10.1. The predicted molar refractivity (Wildman–Crippen MR) is 83.9 cm³/mol. The molecule has 0 radical (unpaired) electrons. The van der Waals surface area contributed by atoms with Gasteiger partial charge in [-0.05, 0) is 42.6 Å². The van der Waals surface area contributed by atoms with E-state index < -0.39 is 0 Å². The van der Waals surface area contributed by atoms with Gasteiger partial charge in [0.15, 0.2) is 11.5 Å². The molecule has 0 spiro atoms. The smallest absolute Gasteiger partial charge is 0.160 e. The fraction of sp³-hybridized carbons (Fsp3) is 0.375. The van der Waals surface area contributed by atoms with Crippen LogP contribution in [0.3, 0.4) is 0 Å². The third kappa shape index (κ3) is 3.99. The molecule has 0 amide bonds. The van der Waals surface area contributed by atoms with Crippen LogP contribution in [0.4, 0.5) is 0 Å². The topological polar surface area (TPSA) is 21.7 Å². The number of hydrogen-bond donors (Lipinski definition) is 0. The van der Waals surface area contributed by atoms with Crippen LogP contribution in [0.2, 0.25) is 0 Å². The summed E-state index contributed by atoms with van der Waals surface area (Å²) in [5.74, 6) is 1.58. The summed E-state index contributed by atoms with van der Waals surface area (Å²) in [5, 5.41) is 2.12. The Morgan fingerprint density at radius 2 is 1.90 bits per heavy atom. The number of thiophene rings is 1. The van der Waals surface area contributed by atoms with Crippen molar-refractivity contribution < 1.29 is 9.47 Å². The lowest BCUT2D eigenvalue weighted by Crippen LogP contribution is -2.20. The maximum Gasteiger partial charge on any atom is 0.160 e. The summed E-state index contributed by atoms with van der Waals surface area (Å²) in [5.41, 5.74) is 1.26. The molecule has 1 aromatic heterocycles. The van der Waals surface area contributed by atoms with Crippen molar-refractivity contribution in [2.45, 2.75) is 13.0 Å². The van der Waals surface area contributed by atoms with Crippen LogP contribution in [0.1, 0.15) is 10.4 Å². The summed E-state index contributed by atoms with van der Waals surface area (Å²) in [4.78, 5) is 3.74. The van der Waals surface area contributed by atoms with E-state index in [4.69, 9.17) is 9.47 Å². The molecule has 0 aliphatic heterocycles. The standard InChI is InChI=1S/C16H21NO2S/c1-17(12-14-5-4-10-20-14)9-8-13-6-7-15(18-2)16(11-13)19-3/h4-7,10-11H,8-9,12H2,1-3H3. The molecule has 0 aliphatic rings. The maximum absolute atomic E-state index is 5.33. The maximum atomic E-state index is 5.33. The van der Waals surface area contributed by atoms with Gasteiger partial charge in [0.05, 0.1) is 14.2 Å². The molecule has 0 fully saturated rings. The second-order valence-electron chi connectivity index (χ2n) is 4.76. The Morgan fingerprint density at radius 3 is 2.55 bits per heavy atom. The summed E-state index contributed by atoms with van der Waals surface area (Å²) in [6, 6.07) is 10.4. The first-order valence-corrected chi connectivity index (χ1v) is 7.52. The van der Waals surface area contributed by atoms with Gasteiger partial charge in [0.2, 0.25) is 0 Å². The lowest BCUT2D eigenvalue weighted by Gasteiger charge is -2.16. The summed E-state index contributed by atoms with van der Waals surface area (Å²) >= 11 is 1.81. The molecule has 108 valence electrons. The monoisotopic (exact) mass is 291 g/mol. The fourth-order valence-corrected chi connectivity index (χ4v) is 2.89. The molecule has 1 aromatic carbocycles. The summed E-state index contributed by atoms with van der Waals surface area (Å²) in [6.45, 7) is 2.03. The predicted octanol–water partition coefficient (Wildman–Crippen LogP) is 3.44. The van der Waals surface area contributed by atoms with E-state index in [-0.39, 0.29) is 0 Å². The summed E-state index contributed by atoms with van der Waals surface area (Å²) < 4.78 is 10.6. The molecule has 2 aromatic rings. The van der Waals surface area contributed by atoms with E-state index in [1.54, 1.807) is 25.6 Å². The highest BCUT2D eigenvalue weighted by atomic mass is 32.1. The van der Waals surface area contributed by atoms with Crippen LogP contribution in [0.15, 0.2) is 35.7 Å². The Labute approximate surface area is 124 Å². The van der Waals surface area contributed by atoms with Crippen molar-refractivity contribution in [2.75, 3.05) is 27.8 Å². The molecule has 0 aliphatic carbocycles. The minimum Gasteiger partial charge on any atom is -0.493 e. The normalized spacial score (nSPS) is 10.8. The number of rotatable bonds is 7. The van der Waals surface area contributed by atoms with Crippen molar-refractivity contribution >= 4 is 11.3 Å². The molecular formula is C16H21NO2S. The third-order valence-corrected chi connectivity index (χ3v) is 4.10. The summed E-state index contributed by atoms with van der Waals surface area (Å²) in [6.07, 6.45) is 1.00. The average Bonchev–Trinajstić information content (AvgIpc) is 2.97. The van der Waals surface area contributed by atoms with Crippen LogP contribution in [0.25, 0.3) is 0 Å². The first-order chi connectivity index (χ1) is 9.72. The number of likely N-dealkylation sites (N-methyl/N-ethyl adjacent to an activating group) is 1. The highest BCUT2D eigenvalue weighted by Gasteiger charge is 2.06. The number of nitrogens with zero attached hydrogens (tertiary/aromatic N) is 1. The van der Waals surface area contributed by atoms with E-state index in [2.05, 4.69) is 41.6 Å². The quantitative estimate of drug-likeness (QED) is 0.780. The van der Waals surface area contributed by atoms with Crippen molar-refractivity contribution in [1.82, 2.24) is 4.90 Å². The van der Waals surface area contributed by atoms with E-state index in [9.17, 15) is 0 Å². The fourth-order valence-electron chi connectivity index (χ4n) is 2.10. The number of hydrogen-bond acceptors (Lipinski definition) is 4. The Morgan fingerprint density at radius 1 is 1.10 bits per heavy atom. The van der Waals surface area contributed by atoms with E-state index in [0.29, 0.717) is 0 Å². The van der Waals surface area contributed by atoms with Gasteiger partial charge in [0.1, 0.15) is 0 Å². The van der Waals surface area contributed by atoms with E-state index in [0.717, 1.165) is 31.0 Å². The lowest BCUT2D eigenvalue weighted by molar-refractivity contribution is 0.332. The molecule has 0 bridgehead atoms. The molecule has 4 heteroatoms. The largest absolute Gasteiger partial charge is 0.493 e. The Bertz CT molecular complexity index is 525. The van der Waals surface area contributed by atoms with Crippen molar-refractivity contribution in [3.8, 4) is 11.5 Å². The van der Waals surface area contributed by atoms with Gasteiger partial charge in [-0.1, -0.05) is 12.1 Å². The van der Waals surface area contributed by atoms with Gasteiger partial charge in [-0.3, -0.25) is 0 Å². The minimum atomic E-state index is 0.781. The molecule has 0 unspecified atom stereocenters. The Balaban J connectivity index is 1.90. The minimum absolute atomic E-state index is 0.781. The highest BCUT2D eigenvalue weighted by molar-refractivity contribution is 7.09. The second kappa shape index (κ2) is 7.31. The molecule has 3 nitrogen and oxygen atoms in total. The average molecular weight is 291 g/mol. The van der Waals surface area contributed by atoms with Crippen molar-refractivity contribution in [1.29, 1.82) is 0 Å². The molecule has 0 saturated heterocycles. The van der Waals surface area contributed by atoms with Crippen molar-refractivity contribution in [2.24, 2.45) is 0 Å². The van der Waals surface area contributed by atoms with Gasteiger partial charge >= 0.3 is 0 Å². The first-order valence-electron chi connectivity index (χ1n) is 6.64. The zero-order valence-corrected chi connectivity index (χ0v) is 13.1. The van der Waals surface area contributed by atoms with Crippen LogP contribution in [-0.4, -0.2) is 32.7 Å². The summed E-state index contributed by atoms with van der Waals surface area (Å²) in [7, 11) is 5.48. The van der Waals surface area contributed by atoms with Crippen molar-refractivity contribution in [3.63, 3.8) is 0 Å². The van der Waals surface area contributed by atoms with E-state index >= 15 is 0 Å². The van der Waals surface area contributed by atoms with Crippen LogP contribution >= 0.6 is 11.3 Å². The van der Waals surface area contributed by atoms with Gasteiger partial charge in [-0.2, -0.15) is 0 Å². The van der Waals surface area contributed by atoms with Gasteiger partial charge in [0.25, 0.3) is 0 Å². The van der Waals surface area contributed by atoms with E-state index in [1.807, 2.05) is 6.07 Å². The van der Waals surface area contributed by atoms with Crippen LogP contribution < -0.4 is 9.47 Å². The van der Waals surface area contributed by atoms with Gasteiger partial charge in [-0.15, -0.1) is 11.3 Å². The number of benzene rings is 1. The molecule has 2 rings (SSSR count). The molecule has 0 atom stereocenters. The molecular weight excluding hydrogens is 270 g/mol. The van der Waals surface area contributed by atoms with Crippen LogP contribution in [-0.2, 0) is 13.0 Å². The Kier molecular flexibility index (Phi) is 5.44. The van der Waals surface area contributed by atoms with Gasteiger partial charge in [0, 0.05) is 18.0 Å². The molecule has 0 saturated carbocycles. The van der Waals surface area contributed by atoms with Gasteiger partial charge < -0.3 is 14.4 Å². The first kappa shape index (κ1) is 14.9. The zero-order chi connectivity index (χ0) is 14.4. The SMILES string of the molecule is COc1ccc(CCN(C)Cc2cccs2)cc1OC. The molecule has 1 heterocycles. The Hall–Kier alpha value is -1.52. The number of methoxy groups -OCH3 is 2. The van der Waals surface area contributed by atoms with Crippen LogP contribution in [0, 0.1) is 0 Å². The zero-order valence-electron chi connectivity index (χ0n) is 12.3. The molecule has 0 N–H and O–H groups in total. The molecule has 20 heavy (non-hydrogen) atoms. The number of ether oxygens (including phenoxy) is 2. The highest BCUT2D eigenvalue weighted by Crippen LogP contribution is 2.27. The van der Waals surface area contributed by atoms with E-state index in [1.165, 1.54) is 10.4 Å². The second-order valence-corrected chi connectivity index (χ2v) is 5.79. The van der Waals surface area contributed by atoms with Crippen molar-refractivity contribution in [3.05, 3.63) is 46.2 Å². The van der Waals surface area contributed by atoms with Crippen LogP contribution in [0.5, 0.6) is 11.5 Å².